The van der Waals surface area contributed by atoms with Gasteiger partial charge in [0.1, 0.15) is 0 Å². The largest absolute Gasteiger partial charge is 0.310 e. The zero-order valence-electron chi connectivity index (χ0n) is 10.7. The monoisotopic (exact) mass is 306 g/mol. The molecule has 0 amide bonds. The van der Waals surface area contributed by atoms with Crippen molar-refractivity contribution in [3.8, 4) is 0 Å². The molecule has 0 aliphatic heterocycles. The van der Waals surface area contributed by atoms with Crippen molar-refractivity contribution < 1.29 is 0 Å². The first kappa shape index (κ1) is 13.5. The average molecular weight is 307 g/mol. The second kappa shape index (κ2) is 6.86. The predicted octanol–water partition coefficient (Wildman–Crippen LogP) is 3.89. The zero-order chi connectivity index (χ0) is 12.8. The molecule has 1 aromatic heterocycles. The molecule has 96 valence electrons. The molecule has 2 nitrogen and oxygen atoms in total. The third-order valence-corrected chi connectivity index (χ3v) is 3.73. The van der Waals surface area contributed by atoms with Gasteiger partial charge < -0.3 is 5.32 Å². The normalized spacial score (nSPS) is 12.8. The molecule has 0 saturated heterocycles. The minimum Gasteiger partial charge on any atom is -0.310 e. The van der Waals surface area contributed by atoms with Crippen LogP contribution in [0, 0.1) is 0 Å². The van der Waals surface area contributed by atoms with Gasteiger partial charge in [0.25, 0.3) is 0 Å². The Hall–Kier alpha value is -0.930. The second-order valence-corrected chi connectivity index (χ2v) is 5.24. The fraction of sp³-hybridized carbons (Fsp3) is 0.400. The van der Waals surface area contributed by atoms with Crippen LogP contribution in [-0.2, 0) is 6.54 Å². The lowest BCUT2D eigenvalue weighted by Crippen LogP contribution is -2.28. The molecular formula is C15H19BrN2. The third kappa shape index (κ3) is 3.30. The van der Waals surface area contributed by atoms with E-state index in [0.717, 1.165) is 23.8 Å². The van der Waals surface area contributed by atoms with Gasteiger partial charge in [-0.15, -0.1) is 0 Å². The highest BCUT2D eigenvalue weighted by Crippen LogP contribution is 2.16. The quantitative estimate of drug-likeness (QED) is 0.819. The van der Waals surface area contributed by atoms with E-state index in [-0.39, 0.29) is 0 Å². The number of hydrogen-bond acceptors (Lipinski definition) is 2. The van der Waals surface area contributed by atoms with Gasteiger partial charge in [0.2, 0.25) is 0 Å². The number of rotatable bonds is 6. The van der Waals surface area contributed by atoms with Gasteiger partial charge in [-0.05, 0) is 30.5 Å². The van der Waals surface area contributed by atoms with Crippen molar-refractivity contribution in [1.82, 2.24) is 10.3 Å². The molecular weight excluding hydrogens is 288 g/mol. The summed E-state index contributed by atoms with van der Waals surface area (Å²) in [6.45, 7) is 3.14. The summed E-state index contributed by atoms with van der Waals surface area (Å²) in [5.41, 5.74) is 2.40. The zero-order valence-corrected chi connectivity index (χ0v) is 12.3. The summed E-state index contributed by atoms with van der Waals surface area (Å²) in [5.74, 6) is 0. The number of hydrogen-bond donors (Lipinski definition) is 1. The molecule has 1 unspecified atom stereocenters. The number of alkyl halides is 1. The first-order valence-corrected chi connectivity index (χ1v) is 7.59. The molecule has 3 heteroatoms. The molecule has 18 heavy (non-hydrogen) atoms. The van der Waals surface area contributed by atoms with Crippen molar-refractivity contribution in [2.45, 2.75) is 32.4 Å². The maximum Gasteiger partial charge on any atom is 0.0705 e. The van der Waals surface area contributed by atoms with Crippen molar-refractivity contribution in [2.75, 3.05) is 5.33 Å². The van der Waals surface area contributed by atoms with Gasteiger partial charge in [-0.25, -0.2) is 0 Å². The third-order valence-electron chi connectivity index (χ3n) is 3.27. The average Bonchev–Trinajstić information content (AvgIpc) is 2.43. The first-order chi connectivity index (χ1) is 8.85. The Morgan fingerprint density at radius 1 is 1.28 bits per heavy atom. The standard InChI is InChI=1S/C15H19BrN2/c1-2-13(7-9-16)18-11-12-8-10-17-15-6-4-3-5-14(12)15/h3-6,8,10,13,18H,2,7,9,11H2,1H3. The van der Waals surface area contributed by atoms with Crippen LogP contribution < -0.4 is 5.32 Å². The topological polar surface area (TPSA) is 24.9 Å². The number of pyridine rings is 1. The number of halogens is 1. The van der Waals surface area contributed by atoms with Crippen LogP contribution in [0.2, 0.25) is 0 Å². The van der Waals surface area contributed by atoms with E-state index in [2.05, 4.69) is 57.4 Å². The minimum atomic E-state index is 0.580. The van der Waals surface area contributed by atoms with Crippen molar-refractivity contribution >= 4 is 26.8 Å². The maximum absolute atomic E-state index is 4.39. The molecule has 1 heterocycles. The van der Waals surface area contributed by atoms with Crippen LogP contribution in [-0.4, -0.2) is 16.4 Å². The summed E-state index contributed by atoms with van der Waals surface area (Å²) >= 11 is 3.51. The van der Waals surface area contributed by atoms with Crippen molar-refractivity contribution in [2.24, 2.45) is 0 Å². The number of aromatic nitrogens is 1. The van der Waals surface area contributed by atoms with E-state index in [1.54, 1.807) is 0 Å². The number of nitrogens with one attached hydrogen (secondary N) is 1. The Kier molecular flexibility index (Phi) is 5.14. The van der Waals surface area contributed by atoms with Crippen molar-refractivity contribution in [3.63, 3.8) is 0 Å². The summed E-state index contributed by atoms with van der Waals surface area (Å²) in [7, 11) is 0. The van der Waals surface area contributed by atoms with Crippen molar-refractivity contribution in [3.05, 3.63) is 42.1 Å². The molecule has 0 aliphatic carbocycles. The number of para-hydroxylation sites is 1. The molecule has 0 bridgehead atoms. The van der Waals surface area contributed by atoms with Crippen LogP contribution in [0.4, 0.5) is 0 Å². The van der Waals surface area contributed by atoms with E-state index in [1.165, 1.54) is 17.4 Å². The first-order valence-electron chi connectivity index (χ1n) is 6.47. The van der Waals surface area contributed by atoms with Crippen LogP contribution in [0.15, 0.2) is 36.5 Å². The lowest BCUT2D eigenvalue weighted by Gasteiger charge is -2.16. The van der Waals surface area contributed by atoms with Gasteiger partial charge in [0.05, 0.1) is 5.52 Å². The highest BCUT2D eigenvalue weighted by Gasteiger charge is 2.06. The van der Waals surface area contributed by atoms with Gasteiger partial charge in [-0.3, -0.25) is 4.98 Å². The fourth-order valence-electron chi connectivity index (χ4n) is 2.15. The summed E-state index contributed by atoms with van der Waals surface area (Å²) in [6, 6.07) is 11.0. The molecule has 0 aliphatic rings. The van der Waals surface area contributed by atoms with E-state index in [0.29, 0.717) is 6.04 Å². The maximum atomic E-state index is 4.39. The summed E-state index contributed by atoms with van der Waals surface area (Å²) in [6.07, 6.45) is 4.22. The van der Waals surface area contributed by atoms with Crippen LogP contribution in [0.5, 0.6) is 0 Å². The summed E-state index contributed by atoms with van der Waals surface area (Å²) < 4.78 is 0. The van der Waals surface area contributed by atoms with Gasteiger partial charge in [-0.1, -0.05) is 41.1 Å². The van der Waals surface area contributed by atoms with E-state index >= 15 is 0 Å². The Bertz CT molecular complexity index is 493. The number of fused-ring (bicyclic) bond motifs is 1. The van der Waals surface area contributed by atoms with Crippen LogP contribution in [0.3, 0.4) is 0 Å². The van der Waals surface area contributed by atoms with Crippen LogP contribution in [0.25, 0.3) is 10.9 Å². The lowest BCUT2D eigenvalue weighted by atomic mass is 10.1. The molecule has 0 fully saturated rings. The Labute approximate surface area is 117 Å². The van der Waals surface area contributed by atoms with Gasteiger partial charge in [-0.2, -0.15) is 0 Å². The van der Waals surface area contributed by atoms with Crippen LogP contribution >= 0.6 is 15.9 Å². The smallest absolute Gasteiger partial charge is 0.0705 e. The van der Waals surface area contributed by atoms with Crippen LogP contribution in [0.1, 0.15) is 25.3 Å². The second-order valence-electron chi connectivity index (χ2n) is 4.45. The molecule has 2 rings (SSSR count). The summed E-state index contributed by atoms with van der Waals surface area (Å²) in [4.78, 5) is 4.39. The predicted molar refractivity (Wildman–Crippen MR) is 81.1 cm³/mol. The Balaban J connectivity index is 2.11. The molecule has 1 aromatic carbocycles. The molecule has 0 saturated carbocycles. The molecule has 0 spiro atoms. The minimum absolute atomic E-state index is 0.580. The molecule has 1 N–H and O–H groups in total. The Morgan fingerprint density at radius 2 is 2.11 bits per heavy atom. The SMILES string of the molecule is CCC(CCBr)NCc1ccnc2ccccc12. The number of nitrogens with zero attached hydrogens (tertiary/aromatic N) is 1. The highest BCUT2D eigenvalue weighted by molar-refractivity contribution is 9.09. The molecule has 0 radical (unpaired) electrons. The van der Waals surface area contributed by atoms with E-state index in [4.69, 9.17) is 0 Å². The van der Waals surface area contributed by atoms with Gasteiger partial charge in [0, 0.05) is 29.5 Å². The van der Waals surface area contributed by atoms with E-state index in [1.807, 2.05) is 12.3 Å². The van der Waals surface area contributed by atoms with E-state index < -0.39 is 0 Å². The van der Waals surface area contributed by atoms with Gasteiger partial charge >= 0.3 is 0 Å². The summed E-state index contributed by atoms with van der Waals surface area (Å²) in [5, 5.41) is 5.92. The highest BCUT2D eigenvalue weighted by atomic mass is 79.9. The van der Waals surface area contributed by atoms with Gasteiger partial charge in [0.15, 0.2) is 0 Å². The lowest BCUT2D eigenvalue weighted by molar-refractivity contribution is 0.489. The molecule has 2 aromatic rings. The molecule has 1 atom stereocenters. The van der Waals surface area contributed by atoms with E-state index in [9.17, 15) is 0 Å². The Morgan fingerprint density at radius 3 is 2.89 bits per heavy atom. The van der Waals surface area contributed by atoms with Crippen molar-refractivity contribution in [1.29, 1.82) is 0 Å². The number of benzene rings is 1. The fourth-order valence-corrected chi connectivity index (χ4v) is 2.70.